The van der Waals surface area contributed by atoms with Crippen molar-refractivity contribution in [3.05, 3.63) is 83.6 Å². The van der Waals surface area contributed by atoms with Gasteiger partial charge in [0.15, 0.2) is 0 Å². The number of hydrogen-bond acceptors (Lipinski definition) is 3. The van der Waals surface area contributed by atoms with Crippen molar-refractivity contribution in [3.8, 4) is 11.6 Å². The fourth-order valence-corrected chi connectivity index (χ4v) is 2.84. The van der Waals surface area contributed by atoms with Crippen LogP contribution in [0.2, 0.25) is 0 Å². The molecule has 0 bridgehead atoms. The lowest BCUT2D eigenvalue weighted by Gasteiger charge is -2.13. The highest BCUT2D eigenvalue weighted by atomic mass is 19.1. The maximum atomic E-state index is 13.8. The van der Waals surface area contributed by atoms with Crippen molar-refractivity contribution in [2.45, 2.75) is 32.6 Å². The molecule has 0 spiro atoms. The van der Waals surface area contributed by atoms with Crippen LogP contribution in [0.25, 0.3) is 5.69 Å². The SMILES string of the molecule is CCCCCOc1c/c(=N/C(=O)Cc2ccccc2F)cnn1-c1ccccc1. The van der Waals surface area contributed by atoms with E-state index in [9.17, 15) is 9.18 Å². The van der Waals surface area contributed by atoms with Crippen molar-refractivity contribution < 1.29 is 13.9 Å². The first-order valence-electron chi connectivity index (χ1n) is 9.76. The van der Waals surface area contributed by atoms with Crippen LogP contribution in [-0.2, 0) is 11.2 Å². The lowest BCUT2D eigenvalue weighted by Crippen LogP contribution is -2.16. The van der Waals surface area contributed by atoms with E-state index in [-0.39, 0.29) is 6.42 Å². The molecule has 3 aromatic rings. The zero-order valence-electron chi connectivity index (χ0n) is 16.4. The minimum absolute atomic E-state index is 0.104. The van der Waals surface area contributed by atoms with Gasteiger partial charge in [-0.1, -0.05) is 56.2 Å². The van der Waals surface area contributed by atoms with Gasteiger partial charge >= 0.3 is 0 Å². The highest BCUT2D eigenvalue weighted by molar-refractivity contribution is 5.79. The largest absolute Gasteiger partial charge is 0.478 e. The molecule has 0 saturated carbocycles. The summed E-state index contributed by atoms with van der Waals surface area (Å²) in [5, 5.41) is 4.78. The monoisotopic (exact) mass is 393 g/mol. The number of hydrogen-bond donors (Lipinski definition) is 0. The molecule has 3 rings (SSSR count). The molecule has 29 heavy (non-hydrogen) atoms. The minimum Gasteiger partial charge on any atom is -0.478 e. The number of nitrogens with zero attached hydrogens (tertiary/aromatic N) is 3. The molecule has 0 aliphatic carbocycles. The van der Waals surface area contributed by atoms with E-state index in [0.717, 1.165) is 24.9 Å². The van der Waals surface area contributed by atoms with Crippen molar-refractivity contribution >= 4 is 5.91 Å². The molecule has 0 atom stereocenters. The van der Waals surface area contributed by atoms with E-state index in [1.54, 1.807) is 28.9 Å². The molecule has 6 heteroatoms. The minimum atomic E-state index is -0.439. The predicted octanol–water partition coefficient (Wildman–Crippen LogP) is 4.25. The summed E-state index contributed by atoms with van der Waals surface area (Å²) in [5.74, 6) is -0.345. The first-order chi connectivity index (χ1) is 14.2. The number of amides is 1. The number of halogens is 1. The van der Waals surface area contributed by atoms with Crippen LogP contribution in [0.15, 0.2) is 71.9 Å². The second-order valence-electron chi connectivity index (χ2n) is 6.63. The van der Waals surface area contributed by atoms with Crippen LogP contribution in [0.1, 0.15) is 31.7 Å². The lowest BCUT2D eigenvalue weighted by molar-refractivity contribution is -0.117. The summed E-state index contributed by atoms with van der Waals surface area (Å²) in [7, 11) is 0. The van der Waals surface area contributed by atoms with Gasteiger partial charge in [0.05, 0.1) is 30.3 Å². The fourth-order valence-electron chi connectivity index (χ4n) is 2.84. The molecule has 0 N–H and O–H groups in total. The molecular formula is C23H24FN3O2. The number of rotatable bonds is 8. The third-order valence-corrected chi connectivity index (χ3v) is 4.34. The summed E-state index contributed by atoms with van der Waals surface area (Å²) in [6.45, 7) is 2.68. The molecule has 0 radical (unpaired) electrons. The van der Waals surface area contributed by atoms with Crippen molar-refractivity contribution in [1.82, 2.24) is 9.78 Å². The number of carbonyl (C=O) groups is 1. The van der Waals surface area contributed by atoms with Crippen molar-refractivity contribution in [2.24, 2.45) is 4.99 Å². The Morgan fingerprint density at radius 3 is 2.62 bits per heavy atom. The number of unbranched alkanes of at least 4 members (excludes halogenated alkanes) is 2. The Hall–Kier alpha value is -3.28. The molecule has 150 valence electrons. The Morgan fingerprint density at radius 2 is 1.86 bits per heavy atom. The van der Waals surface area contributed by atoms with Crippen molar-refractivity contribution in [3.63, 3.8) is 0 Å². The highest BCUT2D eigenvalue weighted by Gasteiger charge is 2.09. The Bertz CT molecular complexity index is 1020. The number of para-hydroxylation sites is 1. The van der Waals surface area contributed by atoms with Gasteiger partial charge in [-0.15, -0.1) is 0 Å². The van der Waals surface area contributed by atoms with Gasteiger partial charge in [0.1, 0.15) is 5.82 Å². The Balaban J connectivity index is 1.86. The van der Waals surface area contributed by atoms with Gasteiger partial charge in [0, 0.05) is 6.07 Å². The van der Waals surface area contributed by atoms with E-state index in [0.29, 0.717) is 23.4 Å². The zero-order chi connectivity index (χ0) is 20.5. The molecule has 1 aromatic heterocycles. The van der Waals surface area contributed by atoms with Gasteiger partial charge in [0.2, 0.25) is 5.88 Å². The summed E-state index contributed by atoms with van der Waals surface area (Å²) in [6, 6.07) is 17.5. The normalized spacial score (nSPS) is 11.4. The fraction of sp³-hybridized carbons (Fsp3) is 0.261. The van der Waals surface area contributed by atoms with Crippen LogP contribution in [-0.4, -0.2) is 22.3 Å². The zero-order valence-corrected chi connectivity index (χ0v) is 16.4. The molecule has 1 heterocycles. The maximum Gasteiger partial charge on any atom is 0.250 e. The van der Waals surface area contributed by atoms with Crippen LogP contribution in [0.3, 0.4) is 0 Å². The van der Waals surface area contributed by atoms with E-state index < -0.39 is 11.7 Å². The van der Waals surface area contributed by atoms with E-state index in [1.807, 2.05) is 30.3 Å². The molecule has 0 aliphatic rings. The van der Waals surface area contributed by atoms with Crippen LogP contribution in [0.4, 0.5) is 4.39 Å². The van der Waals surface area contributed by atoms with E-state index in [2.05, 4.69) is 17.0 Å². The predicted molar refractivity (Wildman–Crippen MR) is 109 cm³/mol. The Labute approximate surface area is 169 Å². The molecule has 2 aromatic carbocycles. The summed E-state index contributed by atoms with van der Waals surface area (Å²) in [4.78, 5) is 16.4. The van der Waals surface area contributed by atoms with E-state index in [1.165, 1.54) is 12.3 Å². The molecule has 5 nitrogen and oxygen atoms in total. The number of benzene rings is 2. The number of carbonyl (C=O) groups excluding carboxylic acids is 1. The van der Waals surface area contributed by atoms with Gasteiger partial charge in [-0.25, -0.2) is 14.1 Å². The maximum absolute atomic E-state index is 13.8. The Kier molecular flexibility index (Phi) is 7.28. The second kappa shape index (κ2) is 10.3. The average Bonchev–Trinajstić information content (AvgIpc) is 2.74. The van der Waals surface area contributed by atoms with Crippen molar-refractivity contribution in [1.29, 1.82) is 0 Å². The first-order valence-corrected chi connectivity index (χ1v) is 9.76. The van der Waals surface area contributed by atoms with Crippen molar-refractivity contribution in [2.75, 3.05) is 6.61 Å². The van der Waals surface area contributed by atoms with Gasteiger partial charge < -0.3 is 4.74 Å². The van der Waals surface area contributed by atoms with Gasteiger partial charge in [-0.2, -0.15) is 5.10 Å². The highest BCUT2D eigenvalue weighted by Crippen LogP contribution is 2.15. The van der Waals surface area contributed by atoms with Gasteiger partial charge in [-0.05, 0) is 30.2 Å². The van der Waals surface area contributed by atoms with Crippen LogP contribution in [0, 0.1) is 5.82 Å². The first kappa shape index (κ1) is 20.5. The van der Waals surface area contributed by atoms with E-state index >= 15 is 0 Å². The average molecular weight is 393 g/mol. The van der Waals surface area contributed by atoms with Crippen LogP contribution < -0.4 is 10.1 Å². The molecule has 0 aliphatic heterocycles. The summed E-state index contributed by atoms with van der Waals surface area (Å²) in [6.07, 6.45) is 4.50. The second-order valence-corrected chi connectivity index (χ2v) is 6.63. The quantitative estimate of drug-likeness (QED) is 0.538. The Morgan fingerprint density at radius 1 is 1.10 bits per heavy atom. The van der Waals surface area contributed by atoms with Crippen LogP contribution in [0.5, 0.6) is 5.88 Å². The molecule has 1 amide bonds. The summed E-state index contributed by atoms with van der Waals surface area (Å²) in [5.41, 5.74) is 1.17. The third kappa shape index (κ3) is 5.85. The standard InChI is InChI=1S/C23H24FN3O2/c1-2-3-9-14-29-23-16-19(17-25-27(23)20-11-5-4-6-12-20)26-22(28)15-18-10-7-8-13-21(18)24/h4-8,10-13,16-17H,2-3,9,14-15H2,1H3/b26-19-. The number of aromatic nitrogens is 2. The van der Waals surface area contributed by atoms with Crippen LogP contribution >= 0.6 is 0 Å². The topological polar surface area (TPSA) is 56.5 Å². The molecule has 0 fully saturated rings. The smallest absolute Gasteiger partial charge is 0.250 e. The van der Waals surface area contributed by atoms with Gasteiger partial charge in [-0.3, -0.25) is 4.79 Å². The third-order valence-electron chi connectivity index (χ3n) is 4.34. The summed E-state index contributed by atoms with van der Waals surface area (Å²) >= 11 is 0. The molecular weight excluding hydrogens is 369 g/mol. The number of ether oxygens (including phenoxy) is 1. The lowest BCUT2D eigenvalue weighted by atomic mass is 10.1. The molecule has 0 unspecified atom stereocenters. The molecule has 0 saturated heterocycles. The summed E-state index contributed by atoms with van der Waals surface area (Å²) < 4.78 is 21.4. The van der Waals surface area contributed by atoms with Gasteiger partial charge in [0.25, 0.3) is 5.91 Å². The van der Waals surface area contributed by atoms with E-state index in [4.69, 9.17) is 4.74 Å².